The summed E-state index contributed by atoms with van der Waals surface area (Å²) in [5.74, 6) is -0.753. The standard InChI is InChI=1S/C14H19NO3/c1-10(2)13(18-11(3)16)14(17)15-9-12-7-5-4-6-8-12/h4-8,10,13H,9H2,1-3H3,(H,15,17)/t13-/m0/s1. The summed E-state index contributed by atoms with van der Waals surface area (Å²) in [4.78, 5) is 22.8. The summed E-state index contributed by atoms with van der Waals surface area (Å²) in [6.07, 6.45) is -0.730. The molecule has 0 saturated heterocycles. The predicted octanol–water partition coefficient (Wildman–Crippen LogP) is 1.89. The summed E-state index contributed by atoms with van der Waals surface area (Å²) in [6, 6.07) is 9.59. The van der Waals surface area contributed by atoms with E-state index in [4.69, 9.17) is 4.74 Å². The number of esters is 1. The van der Waals surface area contributed by atoms with Gasteiger partial charge < -0.3 is 10.1 Å². The molecule has 0 aliphatic heterocycles. The molecule has 1 amide bonds. The third-order valence-corrected chi connectivity index (χ3v) is 2.47. The average molecular weight is 249 g/mol. The zero-order valence-electron chi connectivity index (χ0n) is 11.0. The highest BCUT2D eigenvalue weighted by molar-refractivity contribution is 5.83. The molecule has 1 atom stereocenters. The van der Waals surface area contributed by atoms with Gasteiger partial charge in [0.2, 0.25) is 0 Å². The van der Waals surface area contributed by atoms with Crippen LogP contribution in [0.4, 0.5) is 0 Å². The third kappa shape index (κ3) is 4.57. The van der Waals surface area contributed by atoms with Crippen LogP contribution >= 0.6 is 0 Å². The van der Waals surface area contributed by atoms with Crippen LogP contribution in [0.3, 0.4) is 0 Å². The number of carbonyl (C=O) groups excluding carboxylic acids is 2. The zero-order chi connectivity index (χ0) is 13.5. The van der Waals surface area contributed by atoms with Crippen molar-refractivity contribution in [3.05, 3.63) is 35.9 Å². The first-order chi connectivity index (χ1) is 8.50. The second kappa shape index (κ2) is 6.79. The van der Waals surface area contributed by atoms with Gasteiger partial charge in [0.15, 0.2) is 6.10 Å². The van der Waals surface area contributed by atoms with Crippen LogP contribution in [-0.2, 0) is 20.9 Å². The molecule has 18 heavy (non-hydrogen) atoms. The lowest BCUT2D eigenvalue weighted by atomic mass is 10.1. The molecule has 0 fully saturated rings. The molecule has 1 aromatic rings. The molecule has 0 saturated carbocycles. The maximum atomic E-state index is 11.9. The SMILES string of the molecule is CC(=O)O[C@H](C(=O)NCc1ccccc1)C(C)C. The molecule has 0 aromatic heterocycles. The number of benzene rings is 1. The molecule has 0 spiro atoms. The molecule has 0 heterocycles. The normalized spacial score (nSPS) is 12.0. The summed E-state index contributed by atoms with van der Waals surface area (Å²) < 4.78 is 5.01. The molecule has 0 aliphatic carbocycles. The first-order valence-corrected chi connectivity index (χ1v) is 5.99. The van der Waals surface area contributed by atoms with Crippen LogP contribution in [0.5, 0.6) is 0 Å². The Kier molecular flexibility index (Phi) is 5.36. The average Bonchev–Trinajstić information content (AvgIpc) is 2.34. The molecular formula is C14H19NO3. The minimum atomic E-state index is -0.730. The van der Waals surface area contributed by atoms with E-state index in [-0.39, 0.29) is 11.8 Å². The van der Waals surface area contributed by atoms with Gasteiger partial charge in [-0.25, -0.2) is 0 Å². The van der Waals surface area contributed by atoms with Gasteiger partial charge in [-0.05, 0) is 11.5 Å². The molecule has 4 nitrogen and oxygen atoms in total. The van der Waals surface area contributed by atoms with Gasteiger partial charge in [-0.1, -0.05) is 44.2 Å². The number of nitrogens with one attached hydrogen (secondary N) is 1. The number of hydrogen-bond acceptors (Lipinski definition) is 3. The number of amides is 1. The van der Waals surface area contributed by atoms with E-state index < -0.39 is 12.1 Å². The van der Waals surface area contributed by atoms with Crippen LogP contribution in [0, 0.1) is 5.92 Å². The second-order valence-electron chi connectivity index (χ2n) is 4.48. The quantitative estimate of drug-likeness (QED) is 0.811. The Balaban J connectivity index is 2.54. The predicted molar refractivity (Wildman–Crippen MR) is 68.7 cm³/mol. The fourth-order valence-electron chi connectivity index (χ4n) is 1.56. The van der Waals surface area contributed by atoms with Gasteiger partial charge in [-0.15, -0.1) is 0 Å². The van der Waals surface area contributed by atoms with E-state index in [2.05, 4.69) is 5.32 Å². The van der Waals surface area contributed by atoms with Crippen molar-refractivity contribution < 1.29 is 14.3 Å². The lowest BCUT2D eigenvalue weighted by Gasteiger charge is -2.19. The Bertz CT molecular complexity index is 401. The molecule has 98 valence electrons. The van der Waals surface area contributed by atoms with Crippen LogP contribution < -0.4 is 5.32 Å². The smallest absolute Gasteiger partial charge is 0.303 e. The maximum absolute atomic E-state index is 11.9. The van der Waals surface area contributed by atoms with E-state index in [1.54, 1.807) is 0 Å². The highest BCUT2D eigenvalue weighted by atomic mass is 16.5. The van der Waals surface area contributed by atoms with Gasteiger partial charge >= 0.3 is 5.97 Å². The molecule has 1 N–H and O–H groups in total. The van der Waals surface area contributed by atoms with E-state index in [0.717, 1.165) is 5.56 Å². The highest BCUT2D eigenvalue weighted by Crippen LogP contribution is 2.08. The fraction of sp³-hybridized carbons (Fsp3) is 0.429. The minimum absolute atomic E-state index is 0.0512. The number of carbonyl (C=O) groups is 2. The van der Waals surface area contributed by atoms with Crippen molar-refractivity contribution in [2.24, 2.45) is 5.92 Å². The van der Waals surface area contributed by atoms with Gasteiger partial charge in [0.05, 0.1) is 0 Å². The topological polar surface area (TPSA) is 55.4 Å². The summed E-state index contributed by atoms with van der Waals surface area (Å²) in [5, 5.41) is 2.77. The third-order valence-electron chi connectivity index (χ3n) is 2.47. The lowest BCUT2D eigenvalue weighted by Crippen LogP contribution is -2.40. The monoisotopic (exact) mass is 249 g/mol. The first-order valence-electron chi connectivity index (χ1n) is 5.99. The van der Waals surface area contributed by atoms with Crippen molar-refractivity contribution in [3.8, 4) is 0 Å². The van der Waals surface area contributed by atoms with Gasteiger partial charge in [-0.3, -0.25) is 9.59 Å². The Labute approximate surface area is 107 Å². The Morgan fingerprint density at radius 1 is 1.22 bits per heavy atom. The van der Waals surface area contributed by atoms with Crippen LogP contribution in [0.2, 0.25) is 0 Å². The van der Waals surface area contributed by atoms with Crippen molar-refractivity contribution in [1.29, 1.82) is 0 Å². The molecular weight excluding hydrogens is 230 g/mol. The van der Waals surface area contributed by atoms with E-state index >= 15 is 0 Å². The largest absolute Gasteiger partial charge is 0.452 e. The van der Waals surface area contributed by atoms with Crippen LogP contribution in [0.25, 0.3) is 0 Å². The fourth-order valence-corrected chi connectivity index (χ4v) is 1.56. The van der Waals surface area contributed by atoms with Crippen molar-refractivity contribution in [2.45, 2.75) is 33.4 Å². The van der Waals surface area contributed by atoms with Gasteiger partial charge in [0, 0.05) is 13.5 Å². The van der Waals surface area contributed by atoms with Crippen molar-refractivity contribution >= 4 is 11.9 Å². The van der Waals surface area contributed by atoms with Crippen LogP contribution in [0.15, 0.2) is 30.3 Å². The lowest BCUT2D eigenvalue weighted by molar-refractivity contribution is -0.156. The van der Waals surface area contributed by atoms with E-state index in [1.165, 1.54) is 6.92 Å². The first kappa shape index (κ1) is 14.2. The Hall–Kier alpha value is -1.84. The summed E-state index contributed by atoms with van der Waals surface area (Å²) >= 11 is 0. The maximum Gasteiger partial charge on any atom is 0.303 e. The van der Waals surface area contributed by atoms with Gasteiger partial charge in [0.1, 0.15) is 0 Å². The zero-order valence-corrected chi connectivity index (χ0v) is 11.0. The molecule has 0 aliphatic rings. The van der Waals surface area contributed by atoms with Crippen LogP contribution in [-0.4, -0.2) is 18.0 Å². The summed E-state index contributed by atoms with van der Waals surface area (Å²) in [5.41, 5.74) is 1.01. The Morgan fingerprint density at radius 3 is 2.33 bits per heavy atom. The van der Waals surface area contributed by atoms with E-state index in [9.17, 15) is 9.59 Å². The van der Waals surface area contributed by atoms with Crippen molar-refractivity contribution in [3.63, 3.8) is 0 Å². The molecule has 4 heteroatoms. The second-order valence-corrected chi connectivity index (χ2v) is 4.48. The van der Waals surface area contributed by atoms with E-state index in [0.29, 0.717) is 6.54 Å². The van der Waals surface area contributed by atoms with Gasteiger partial charge in [-0.2, -0.15) is 0 Å². The molecule has 0 radical (unpaired) electrons. The molecule has 1 aromatic carbocycles. The molecule has 0 unspecified atom stereocenters. The summed E-state index contributed by atoms with van der Waals surface area (Å²) in [6.45, 7) is 5.43. The highest BCUT2D eigenvalue weighted by Gasteiger charge is 2.24. The minimum Gasteiger partial charge on any atom is -0.452 e. The van der Waals surface area contributed by atoms with Crippen molar-refractivity contribution in [2.75, 3.05) is 0 Å². The van der Waals surface area contributed by atoms with Crippen LogP contribution in [0.1, 0.15) is 26.3 Å². The Morgan fingerprint density at radius 2 is 1.83 bits per heavy atom. The number of rotatable bonds is 5. The molecule has 0 bridgehead atoms. The van der Waals surface area contributed by atoms with Crippen molar-refractivity contribution in [1.82, 2.24) is 5.32 Å². The van der Waals surface area contributed by atoms with Gasteiger partial charge in [0.25, 0.3) is 5.91 Å². The number of ether oxygens (including phenoxy) is 1. The number of hydrogen-bond donors (Lipinski definition) is 1. The molecule has 1 rings (SSSR count). The van der Waals surface area contributed by atoms with E-state index in [1.807, 2.05) is 44.2 Å². The summed E-state index contributed by atoms with van der Waals surface area (Å²) in [7, 11) is 0.